The molecule has 0 aliphatic carbocycles. The molecule has 0 saturated carbocycles. The van der Waals surface area contributed by atoms with Crippen molar-refractivity contribution in [3.8, 4) is 11.3 Å². The lowest BCUT2D eigenvalue weighted by Crippen LogP contribution is -2.43. The van der Waals surface area contributed by atoms with E-state index in [9.17, 15) is 4.39 Å². The van der Waals surface area contributed by atoms with Gasteiger partial charge in [-0.05, 0) is 30.3 Å². The Hall–Kier alpha value is -3.06. The topological polar surface area (TPSA) is 58.9 Å². The lowest BCUT2D eigenvalue weighted by atomic mass is 10.1. The van der Waals surface area contributed by atoms with E-state index in [1.54, 1.807) is 17.9 Å². The van der Waals surface area contributed by atoms with Gasteiger partial charge < -0.3 is 10.2 Å². The summed E-state index contributed by atoms with van der Waals surface area (Å²) in [6.45, 7) is 3.92. The maximum Gasteiger partial charge on any atom is 0.159 e. The van der Waals surface area contributed by atoms with Crippen LogP contribution in [0, 0.1) is 5.82 Å². The standard InChI is InChI=1S/C20H19FN6/c1-26-12-15-8-14(10-17(21)19(15)25-26)18-3-2-13-9-16(11-23-20(13)24-18)27-6-4-22-5-7-27/h2-3,8-12,22H,4-7H2,1H3. The van der Waals surface area contributed by atoms with Crippen LogP contribution in [0.15, 0.2) is 42.7 Å². The number of anilines is 1. The Morgan fingerprint density at radius 1 is 1.07 bits per heavy atom. The second-order valence-electron chi connectivity index (χ2n) is 6.87. The van der Waals surface area contributed by atoms with Gasteiger partial charge in [-0.2, -0.15) is 5.10 Å². The minimum Gasteiger partial charge on any atom is -0.368 e. The molecule has 1 aliphatic rings. The van der Waals surface area contributed by atoms with E-state index in [0.717, 1.165) is 48.2 Å². The van der Waals surface area contributed by atoms with E-state index in [0.29, 0.717) is 16.9 Å². The van der Waals surface area contributed by atoms with Gasteiger partial charge in [0.15, 0.2) is 11.5 Å². The molecule has 3 aromatic heterocycles. The van der Waals surface area contributed by atoms with E-state index in [1.807, 2.05) is 24.4 Å². The Bertz CT molecular complexity index is 1150. The lowest BCUT2D eigenvalue weighted by molar-refractivity contribution is 0.589. The fourth-order valence-corrected chi connectivity index (χ4v) is 3.62. The molecule has 6 nitrogen and oxygen atoms in total. The Morgan fingerprint density at radius 2 is 1.93 bits per heavy atom. The Balaban J connectivity index is 1.54. The summed E-state index contributed by atoms with van der Waals surface area (Å²) in [6.07, 6.45) is 3.68. The van der Waals surface area contributed by atoms with Crippen molar-refractivity contribution >= 4 is 27.6 Å². The van der Waals surface area contributed by atoms with Gasteiger partial charge in [0.05, 0.1) is 17.6 Å². The van der Waals surface area contributed by atoms with Gasteiger partial charge in [-0.15, -0.1) is 0 Å². The van der Waals surface area contributed by atoms with Gasteiger partial charge >= 0.3 is 0 Å². The highest BCUT2D eigenvalue weighted by Crippen LogP contribution is 2.27. The fraction of sp³-hybridized carbons (Fsp3) is 0.250. The molecule has 4 aromatic rings. The third kappa shape index (κ3) is 2.90. The van der Waals surface area contributed by atoms with Crippen LogP contribution >= 0.6 is 0 Å². The number of pyridine rings is 2. The summed E-state index contributed by atoms with van der Waals surface area (Å²) in [5.74, 6) is -0.341. The van der Waals surface area contributed by atoms with E-state index in [-0.39, 0.29) is 5.82 Å². The van der Waals surface area contributed by atoms with Gasteiger partial charge in [-0.25, -0.2) is 14.4 Å². The van der Waals surface area contributed by atoms with Gasteiger partial charge in [-0.1, -0.05) is 0 Å². The van der Waals surface area contributed by atoms with Crippen molar-refractivity contribution < 1.29 is 4.39 Å². The first-order valence-corrected chi connectivity index (χ1v) is 9.03. The van der Waals surface area contributed by atoms with Crippen LogP contribution in [0.4, 0.5) is 10.1 Å². The zero-order chi connectivity index (χ0) is 18.4. The summed E-state index contributed by atoms with van der Waals surface area (Å²) in [4.78, 5) is 11.5. The van der Waals surface area contributed by atoms with Crippen LogP contribution in [0.5, 0.6) is 0 Å². The molecular formula is C20H19FN6. The molecule has 1 aromatic carbocycles. The normalized spacial score (nSPS) is 15.0. The first kappa shape index (κ1) is 16.1. The second-order valence-corrected chi connectivity index (χ2v) is 6.87. The van der Waals surface area contributed by atoms with Gasteiger partial charge in [-0.3, -0.25) is 4.68 Å². The number of hydrogen-bond donors (Lipinski definition) is 1. The molecule has 4 heterocycles. The van der Waals surface area contributed by atoms with Gasteiger partial charge in [0.1, 0.15) is 5.52 Å². The van der Waals surface area contributed by atoms with E-state index in [4.69, 9.17) is 0 Å². The van der Waals surface area contributed by atoms with E-state index in [1.165, 1.54) is 6.07 Å². The largest absolute Gasteiger partial charge is 0.368 e. The van der Waals surface area contributed by atoms with Crippen LogP contribution in [-0.4, -0.2) is 45.9 Å². The SMILES string of the molecule is Cn1cc2cc(-c3ccc4cc(N5CCNCC5)cnc4n3)cc(F)c2n1. The van der Waals surface area contributed by atoms with Crippen molar-refractivity contribution in [2.45, 2.75) is 0 Å². The zero-order valence-electron chi connectivity index (χ0n) is 15.0. The number of rotatable bonds is 2. The van der Waals surface area contributed by atoms with Crippen molar-refractivity contribution in [1.82, 2.24) is 25.1 Å². The molecule has 5 rings (SSSR count). The summed E-state index contributed by atoms with van der Waals surface area (Å²) in [6, 6.07) is 9.44. The number of piperazine rings is 1. The molecule has 136 valence electrons. The van der Waals surface area contributed by atoms with Crippen LogP contribution < -0.4 is 10.2 Å². The number of nitrogens with zero attached hydrogens (tertiary/aromatic N) is 5. The molecule has 0 radical (unpaired) electrons. The number of aryl methyl sites for hydroxylation is 1. The van der Waals surface area contributed by atoms with Crippen molar-refractivity contribution in [3.63, 3.8) is 0 Å². The van der Waals surface area contributed by atoms with Crippen molar-refractivity contribution in [2.24, 2.45) is 7.05 Å². The third-order valence-electron chi connectivity index (χ3n) is 4.98. The highest BCUT2D eigenvalue weighted by atomic mass is 19.1. The maximum atomic E-state index is 14.4. The Morgan fingerprint density at radius 3 is 2.78 bits per heavy atom. The van der Waals surface area contributed by atoms with E-state index in [2.05, 4.69) is 31.3 Å². The fourth-order valence-electron chi connectivity index (χ4n) is 3.62. The van der Waals surface area contributed by atoms with Gasteiger partial charge in [0.2, 0.25) is 0 Å². The molecule has 1 saturated heterocycles. The van der Waals surface area contributed by atoms with Gasteiger partial charge in [0, 0.05) is 55.8 Å². The Labute approximate surface area is 155 Å². The maximum absolute atomic E-state index is 14.4. The second kappa shape index (κ2) is 6.28. The molecule has 0 spiro atoms. The molecule has 0 atom stereocenters. The predicted octanol–water partition coefficient (Wildman–Crippen LogP) is 2.73. The summed E-state index contributed by atoms with van der Waals surface area (Å²) in [7, 11) is 1.79. The summed E-state index contributed by atoms with van der Waals surface area (Å²) >= 11 is 0. The molecule has 27 heavy (non-hydrogen) atoms. The molecule has 0 bridgehead atoms. The molecule has 1 aliphatic heterocycles. The predicted molar refractivity (Wildman–Crippen MR) is 104 cm³/mol. The number of benzene rings is 1. The number of nitrogens with one attached hydrogen (secondary N) is 1. The van der Waals surface area contributed by atoms with E-state index >= 15 is 0 Å². The van der Waals surface area contributed by atoms with Gasteiger partial charge in [0.25, 0.3) is 0 Å². The summed E-state index contributed by atoms with van der Waals surface area (Å²) < 4.78 is 16.0. The lowest BCUT2D eigenvalue weighted by Gasteiger charge is -2.29. The van der Waals surface area contributed by atoms with E-state index < -0.39 is 0 Å². The number of hydrogen-bond acceptors (Lipinski definition) is 5. The van der Waals surface area contributed by atoms with Crippen LogP contribution in [0.3, 0.4) is 0 Å². The molecule has 0 unspecified atom stereocenters. The first-order valence-electron chi connectivity index (χ1n) is 9.03. The number of aromatic nitrogens is 4. The quantitative estimate of drug-likeness (QED) is 0.594. The highest BCUT2D eigenvalue weighted by Gasteiger charge is 2.13. The van der Waals surface area contributed by atoms with Crippen molar-refractivity contribution in [2.75, 3.05) is 31.1 Å². The molecular weight excluding hydrogens is 343 g/mol. The first-order chi connectivity index (χ1) is 13.2. The number of fused-ring (bicyclic) bond motifs is 2. The van der Waals surface area contributed by atoms with Crippen LogP contribution in [0.2, 0.25) is 0 Å². The molecule has 1 N–H and O–H groups in total. The van der Waals surface area contributed by atoms with Crippen molar-refractivity contribution in [3.05, 3.63) is 48.5 Å². The third-order valence-corrected chi connectivity index (χ3v) is 4.98. The average Bonchev–Trinajstić information content (AvgIpc) is 3.09. The zero-order valence-corrected chi connectivity index (χ0v) is 15.0. The monoisotopic (exact) mass is 362 g/mol. The molecule has 0 amide bonds. The Kier molecular flexibility index (Phi) is 3.75. The highest BCUT2D eigenvalue weighted by molar-refractivity contribution is 5.86. The number of halogens is 1. The smallest absolute Gasteiger partial charge is 0.159 e. The molecule has 1 fully saturated rings. The van der Waals surface area contributed by atoms with Crippen LogP contribution in [0.25, 0.3) is 33.2 Å². The van der Waals surface area contributed by atoms with Crippen molar-refractivity contribution in [1.29, 1.82) is 0 Å². The van der Waals surface area contributed by atoms with Crippen LogP contribution in [-0.2, 0) is 7.05 Å². The summed E-state index contributed by atoms with van der Waals surface area (Å²) in [5, 5.41) is 9.25. The molecule has 7 heteroatoms. The summed E-state index contributed by atoms with van der Waals surface area (Å²) in [5.41, 5.74) is 3.58. The van der Waals surface area contributed by atoms with Crippen LogP contribution in [0.1, 0.15) is 0 Å². The minimum absolute atomic E-state index is 0.341. The minimum atomic E-state index is -0.341. The average molecular weight is 362 g/mol.